The number of hydrogen-bond donors (Lipinski definition) is 1. The molecule has 1 amide bonds. The van der Waals surface area contributed by atoms with E-state index in [1.165, 1.54) is 29.7 Å². The van der Waals surface area contributed by atoms with E-state index in [4.69, 9.17) is 4.74 Å². The average Bonchev–Trinajstić information content (AvgIpc) is 3.48. The number of aromatic nitrogens is 2. The van der Waals surface area contributed by atoms with Gasteiger partial charge in [0.15, 0.2) is 6.61 Å². The molecule has 0 aliphatic heterocycles. The van der Waals surface area contributed by atoms with Gasteiger partial charge in [0.1, 0.15) is 11.3 Å². The van der Waals surface area contributed by atoms with Crippen molar-refractivity contribution < 1.29 is 27.5 Å². The first kappa shape index (κ1) is 23.2. The lowest BCUT2D eigenvalue weighted by atomic mass is 10.1. The standard InChI is InChI=1S/C24H18F3N3O3S/c25-24(26,27)18-9-4-5-10-19(18)28-21(31)15-33-23(32)17-14-30(13-16-7-2-1-3-8-16)29-22(17)20-11-6-12-34-20/h1-12,14H,13,15H2,(H,28,31). The van der Waals surface area contributed by atoms with Crippen LogP contribution in [-0.2, 0) is 22.3 Å². The fourth-order valence-corrected chi connectivity index (χ4v) is 3.98. The van der Waals surface area contributed by atoms with Gasteiger partial charge in [0.05, 0.1) is 22.7 Å². The molecule has 2 heterocycles. The molecule has 0 radical (unpaired) electrons. The van der Waals surface area contributed by atoms with Crippen LogP contribution in [0, 0.1) is 0 Å². The molecule has 6 nitrogen and oxygen atoms in total. The quantitative estimate of drug-likeness (QED) is 0.352. The number of esters is 1. The summed E-state index contributed by atoms with van der Waals surface area (Å²) < 4.78 is 46.1. The summed E-state index contributed by atoms with van der Waals surface area (Å²) in [7, 11) is 0. The number of carbonyl (C=O) groups excluding carboxylic acids is 2. The third kappa shape index (κ3) is 5.52. The highest BCUT2D eigenvalue weighted by Crippen LogP contribution is 2.34. The van der Waals surface area contributed by atoms with Crippen molar-refractivity contribution in [3.8, 4) is 10.6 Å². The minimum atomic E-state index is -4.64. The van der Waals surface area contributed by atoms with E-state index in [1.54, 1.807) is 10.7 Å². The number of ether oxygens (including phenoxy) is 1. The maximum Gasteiger partial charge on any atom is 0.418 e. The Bertz CT molecular complexity index is 1290. The summed E-state index contributed by atoms with van der Waals surface area (Å²) in [5, 5.41) is 8.49. The maximum absolute atomic E-state index is 13.1. The maximum atomic E-state index is 13.1. The van der Waals surface area contributed by atoms with Crippen LogP contribution < -0.4 is 5.32 Å². The molecule has 0 aliphatic carbocycles. The van der Waals surface area contributed by atoms with Gasteiger partial charge in [-0.2, -0.15) is 18.3 Å². The number of rotatable bonds is 7. The van der Waals surface area contributed by atoms with Crippen molar-refractivity contribution in [1.82, 2.24) is 9.78 Å². The Morgan fingerprint density at radius 2 is 1.74 bits per heavy atom. The van der Waals surface area contributed by atoms with E-state index in [9.17, 15) is 22.8 Å². The first-order chi connectivity index (χ1) is 16.3. The lowest BCUT2D eigenvalue weighted by Crippen LogP contribution is -2.22. The van der Waals surface area contributed by atoms with E-state index in [2.05, 4.69) is 10.4 Å². The molecule has 1 N–H and O–H groups in total. The summed E-state index contributed by atoms with van der Waals surface area (Å²) >= 11 is 1.39. The van der Waals surface area contributed by atoms with Crippen molar-refractivity contribution in [2.24, 2.45) is 0 Å². The fourth-order valence-electron chi connectivity index (χ4n) is 3.25. The molecule has 34 heavy (non-hydrogen) atoms. The van der Waals surface area contributed by atoms with Crippen LogP contribution in [0.3, 0.4) is 0 Å². The van der Waals surface area contributed by atoms with E-state index in [0.29, 0.717) is 12.2 Å². The van der Waals surface area contributed by atoms with Gasteiger partial charge in [-0.15, -0.1) is 11.3 Å². The van der Waals surface area contributed by atoms with Crippen LogP contribution in [0.25, 0.3) is 10.6 Å². The lowest BCUT2D eigenvalue weighted by molar-refractivity contribution is -0.137. The Morgan fingerprint density at radius 3 is 2.44 bits per heavy atom. The predicted octanol–water partition coefficient (Wildman–Crippen LogP) is 5.47. The summed E-state index contributed by atoms with van der Waals surface area (Å²) in [5.41, 5.74) is 0.133. The number of carbonyl (C=O) groups is 2. The first-order valence-corrected chi connectivity index (χ1v) is 11.0. The van der Waals surface area contributed by atoms with E-state index < -0.39 is 35.9 Å². The second-order valence-electron chi connectivity index (χ2n) is 7.22. The Labute approximate surface area is 196 Å². The molecule has 4 rings (SSSR count). The Kier molecular flexibility index (Phi) is 6.78. The molecule has 0 bridgehead atoms. The molecule has 10 heteroatoms. The molecule has 0 fully saturated rings. The summed E-state index contributed by atoms with van der Waals surface area (Å²) in [5.74, 6) is -1.69. The van der Waals surface area contributed by atoms with Crippen LogP contribution in [0.15, 0.2) is 78.3 Å². The number of nitrogens with one attached hydrogen (secondary N) is 1. The predicted molar refractivity (Wildman–Crippen MR) is 121 cm³/mol. The third-order valence-corrected chi connectivity index (χ3v) is 5.64. The van der Waals surface area contributed by atoms with Gasteiger partial charge in [-0.05, 0) is 29.1 Å². The highest BCUT2D eigenvalue weighted by molar-refractivity contribution is 7.13. The molecule has 0 aliphatic rings. The molecular formula is C24H18F3N3O3S. The molecule has 0 saturated heterocycles. The average molecular weight is 485 g/mol. The Morgan fingerprint density at radius 1 is 1.00 bits per heavy atom. The van der Waals surface area contributed by atoms with Gasteiger partial charge in [-0.3, -0.25) is 9.48 Å². The molecule has 0 unspecified atom stereocenters. The minimum absolute atomic E-state index is 0.155. The Balaban J connectivity index is 1.48. The highest BCUT2D eigenvalue weighted by atomic mass is 32.1. The number of amides is 1. The molecule has 2 aromatic heterocycles. The van der Waals surface area contributed by atoms with Crippen molar-refractivity contribution in [2.75, 3.05) is 11.9 Å². The highest BCUT2D eigenvalue weighted by Gasteiger charge is 2.33. The zero-order chi connectivity index (χ0) is 24.1. The Hall–Kier alpha value is -3.92. The lowest BCUT2D eigenvalue weighted by Gasteiger charge is -2.13. The van der Waals surface area contributed by atoms with Crippen LogP contribution in [0.4, 0.5) is 18.9 Å². The van der Waals surface area contributed by atoms with E-state index in [1.807, 2.05) is 41.8 Å². The van der Waals surface area contributed by atoms with Crippen LogP contribution in [0.2, 0.25) is 0 Å². The first-order valence-electron chi connectivity index (χ1n) is 10.1. The summed E-state index contributed by atoms with van der Waals surface area (Å²) in [4.78, 5) is 25.7. The fraction of sp³-hybridized carbons (Fsp3) is 0.125. The van der Waals surface area contributed by atoms with E-state index in [-0.39, 0.29) is 5.56 Å². The van der Waals surface area contributed by atoms with Gasteiger partial charge in [-0.25, -0.2) is 4.79 Å². The minimum Gasteiger partial charge on any atom is -0.452 e. The number of alkyl halides is 3. The smallest absolute Gasteiger partial charge is 0.418 e. The third-order valence-electron chi connectivity index (χ3n) is 4.76. The molecular weight excluding hydrogens is 467 g/mol. The number of hydrogen-bond acceptors (Lipinski definition) is 5. The van der Waals surface area contributed by atoms with E-state index >= 15 is 0 Å². The van der Waals surface area contributed by atoms with Gasteiger partial charge in [0.25, 0.3) is 5.91 Å². The van der Waals surface area contributed by atoms with Crippen molar-refractivity contribution in [1.29, 1.82) is 0 Å². The van der Waals surface area contributed by atoms with Gasteiger partial charge in [0.2, 0.25) is 0 Å². The molecule has 174 valence electrons. The summed E-state index contributed by atoms with van der Waals surface area (Å²) in [6.45, 7) is -0.333. The van der Waals surface area contributed by atoms with Crippen molar-refractivity contribution in [2.45, 2.75) is 12.7 Å². The number of nitrogens with zero attached hydrogens (tertiary/aromatic N) is 2. The van der Waals surface area contributed by atoms with E-state index in [0.717, 1.165) is 22.6 Å². The largest absolute Gasteiger partial charge is 0.452 e. The topological polar surface area (TPSA) is 73.2 Å². The number of halogens is 3. The van der Waals surface area contributed by atoms with Gasteiger partial charge < -0.3 is 10.1 Å². The van der Waals surface area contributed by atoms with Gasteiger partial charge in [0, 0.05) is 6.20 Å². The number of benzene rings is 2. The molecule has 0 saturated carbocycles. The molecule has 0 atom stereocenters. The second-order valence-corrected chi connectivity index (χ2v) is 8.17. The molecule has 4 aromatic rings. The van der Waals surface area contributed by atoms with Crippen LogP contribution in [-0.4, -0.2) is 28.3 Å². The zero-order valence-corrected chi connectivity index (χ0v) is 18.4. The van der Waals surface area contributed by atoms with Gasteiger partial charge >= 0.3 is 12.1 Å². The second kappa shape index (κ2) is 9.92. The van der Waals surface area contributed by atoms with Crippen LogP contribution in [0.5, 0.6) is 0 Å². The monoisotopic (exact) mass is 485 g/mol. The SMILES string of the molecule is O=C(COC(=O)c1cn(Cc2ccccc2)nc1-c1cccs1)Nc1ccccc1C(F)(F)F. The normalized spacial score (nSPS) is 11.3. The van der Waals surface area contributed by atoms with Crippen molar-refractivity contribution in [3.05, 3.63) is 95.0 Å². The van der Waals surface area contributed by atoms with Crippen molar-refractivity contribution in [3.63, 3.8) is 0 Å². The summed E-state index contributed by atoms with van der Waals surface area (Å²) in [6, 6.07) is 17.7. The number of para-hydroxylation sites is 1. The zero-order valence-electron chi connectivity index (χ0n) is 17.6. The van der Waals surface area contributed by atoms with Gasteiger partial charge in [-0.1, -0.05) is 48.5 Å². The van der Waals surface area contributed by atoms with Crippen LogP contribution in [0.1, 0.15) is 21.5 Å². The molecule has 0 spiro atoms. The summed E-state index contributed by atoms with van der Waals surface area (Å²) in [6.07, 6.45) is -3.11. The number of anilines is 1. The number of thiophene rings is 1. The van der Waals surface area contributed by atoms with Crippen molar-refractivity contribution >= 4 is 28.9 Å². The molecule has 2 aromatic carbocycles. The van der Waals surface area contributed by atoms with Crippen LogP contribution >= 0.6 is 11.3 Å².